The molecule has 0 fully saturated rings. The van der Waals surface area contributed by atoms with E-state index in [4.69, 9.17) is 10.5 Å². The van der Waals surface area contributed by atoms with E-state index in [-0.39, 0.29) is 12.5 Å². The standard InChI is InChI=1S/C12H14N4O2/c1-8-11(13)12(16-15-8)14-10(17)7-18-9-5-3-2-4-6-9/h2-6H,7,13H2,1H3,(H2,14,15,16,17). The summed E-state index contributed by atoms with van der Waals surface area (Å²) < 4.78 is 5.30. The molecule has 0 radical (unpaired) electrons. The molecule has 1 aromatic heterocycles. The number of nitrogen functional groups attached to an aromatic ring is 1. The first-order valence-corrected chi connectivity index (χ1v) is 5.45. The molecule has 94 valence electrons. The highest BCUT2D eigenvalue weighted by molar-refractivity contribution is 5.93. The summed E-state index contributed by atoms with van der Waals surface area (Å²) in [7, 11) is 0. The van der Waals surface area contributed by atoms with Crippen LogP contribution in [0.5, 0.6) is 5.75 Å². The van der Waals surface area contributed by atoms with Gasteiger partial charge in [0.15, 0.2) is 12.4 Å². The third-order valence-corrected chi connectivity index (χ3v) is 2.37. The second-order valence-corrected chi connectivity index (χ2v) is 3.76. The maximum atomic E-state index is 11.6. The van der Waals surface area contributed by atoms with Crippen molar-refractivity contribution in [3.8, 4) is 5.75 Å². The molecule has 0 aliphatic rings. The van der Waals surface area contributed by atoms with Gasteiger partial charge in [0.25, 0.3) is 5.91 Å². The van der Waals surface area contributed by atoms with Crippen molar-refractivity contribution in [2.75, 3.05) is 17.7 Å². The van der Waals surface area contributed by atoms with Gasteiger partial charge in [0, 0.05) is 0 Å². The number of carbonyl (C=O) groups is 1. The van der Waals surface area contributed by atoms with E-state index in [0.29, 0.717) is 22.9 Å². The molecule has 0 unspecified atom stereocenters. The van der Waals surface area contributed by atoms with Crippen LogP contribution in [0.4, 0.5) is 11.5 Å². The number of amides is 1. The fraction of sp³-hybridized carbons (Fsp3) is 0.167. The van der Waals surface area contributed by atoms with Crippen LogP contribution in [0.15, 0.2) is 30.3 Å². The smallest absolute Gasteiger partial charge is 0.263 e. The predicted octanol–water partition coefficient (Wildman–Crippen LogP) is 1.32. The van der Waals surface area contributed by atoms with Crippen LogP contribution in [0, 0.1) is 6.92 Å². The third-order valence-electron chi connectivity index (χ3n) is 2.37. The molecule has 0 aliphatic carbocycles. The second kappa shape index (κ2) is 5.22. The van der Waals surface area contributed by atoms with Gasteiger partial charge in [0.2, 0.25) is 0 Å². The van der Waals surface area contributed by atoms with Gasteiger partial charge in [0.05, 0.1) is 11.4 Å². The van der Waals surface area contributed by atoms with E-state index in [0.717, 1.165) is 0 Å². The molecule has 4 N–H and O–H groups in total. The number of aromatic nitrogens is 2. The molecular formula is C12H14N4O2. The van der Waals surface area contributed by atoms with Crippen molar-refractivity contribution in [2.24, 2.45) is 0 Å². The zero-order valence-electron chi connectivity index (χ0n) is 9.93. The minimum atomic E-state index is -0.308. The van der Waals surface area contributed by atoms with Gasteiger partial charge in [-0.25, -0.2) is 0 Å². The number of para-hydroxylation sites is 1. The maximum absolute atomic E-state index is 11.6. The summed E-state index contributed by atoms with van der Waals surface area (Å²) in [5.74, 6) is 0.657. The van der Waals surface area contributed by atoms with Crippen LogP contribution < -0.4 is 15.8 Å². The van der Waals surface area contributed by atoms with Gasteiger partial charge >= 0.3 is 0 Å². The first kappa shape index (κ1) is 12.0. The van der Waals surface area contributed by atoms with Crippen LogP contribution in [-0.4, -0.2) is 22.7 Å². The highest BCUT2D eigenvalue weighted by atomic mass is 16.5. The zero-order chi connectivity index (χ0) is 13.0. The van der Waals surface area contributed by atoms with E-state index in [1.54, 1.807) is 19.1 Å². The number of aromatic amines is 1. The normalized spacial score (nSPS) is 10.1. The van der Waals surface area contributed by atoms with E-state index in [1.165, 1.54) is 0 Å². The van der Waals surface area contributed by atoms with Gasteiger partial charge in [-0.1, -0.05) is 18.2 Å². The van der Waals surface area contributed by atoms with E-state index >= 15 is 0 Å². The molecule has 18 heavy (non-hydrogen) atoms. The van der Waals surface area contributed by atoms with Crippen LogP contribution in [0.2, 0.25) is 0 Å². The number of carbonyl (C=O) groups excluding carboxylic acids is 1. The third kappa shape index (κ3) is 2.79. The van der Waals surface area contributed by atoms with E-state index < -0.39 is 0 Å². The van der Waals surface area contributed by atoms with Crippen LogP contribution in [0.3, 0.4) is 0 Å². The first-order chi connectivity index (χ1) is 8.66. The fourth-order valence-electron chi connectivity index (χ4n) is 1.37. The molecule has 0 saturated heterocycles. The predicted molar refractivity (Wildman–Crippen MR) is 68.3 cm³/mol. The first-order valence-electron chi connectivity index (χ1n) is 5.45. The number of H-pyrrole nitrogens is 1. The Kier molecular flexibility index (Phi) is 3.47. The van der Waals surface area contributed by atoms with Crippen molar-refractivity contribution < 1.29 is 9.53 Å². The van der Waals surface area contributed by atoms with Crippen LogP contribution in [0.1, 0.15) is 5.69 Å². The average Bonchev–Trinajstić information content (AvgIpc) is 2.70. The molecule has 2 rings (SSSR count). The lowest BCUT2D eigenvalue weighted by molar-refractivity contribution is -0.118. The Morgan fingerprint density at radius 2 is 2.17 bits per heavy atom. The number of ether oxygens (including phenoxy) is 1. The number of aryl methyl sites for hydroxylation is 1. The quantitative estimate of drug-likeness (QED) is 0.758. The topological polar surface area (TPSA) is 93.0 Å². The molecule has 2 aromatic rings. The summed E-state index contributed by atoms with van der Waals surface area (Å²) in [6.45, 7) is 1.69. The Morgan fingerprint density at radius 3 is 2.78 bits per heavy atom. The Morgan fingerprint density at radius 1 is 1.44 bits per heavy atom. The number of nitrogens with one attached hydrogen (secondary N) is 2. The summed E-state index contributed by atoms with van der Waals surface area (Å²) in [6.07, 6.45) is 0. The van der Waals surface area contributed by atoms with Gasteiger partial charge < -0.3 is 15.8 Å². The molecule has 0 aliphatic heterocycles. The summed E-state index contributed by atoms with van der Waals surface area (Å²) in [5, 5.41) is 9.13. The lowest BCUT2D eigenvalue weighted by Crippen LogP contribution is -2.20. The maximum Gasteiger partial charge on any atom is 0.263 e. The number of nitrogens with zero attached hydrogens (tertiary/aromatic N) is 1. The van der Waals surface area contributed by atoms with Crippen molar-refractivity contribution in [2.45, 2.75) is 6.92 Å². The van der Waals surface area contributed by atoms with Gasteiger partial charge in [-0.2, -0.15) is 5.10 Å². The Labute approximate surface area is 104 Å². The van der Waals surface area contributed by atoms with Crippen molar-refractivity contribution in [3.05, 3.63) is 36.0 Å². The number of rotatable bonds is 4. The van der Waals surface area contributed by atoms with Crippen molar-refractivity contribution in [1.82, 2.24) is 10.2 Å². The lowest BCUT2D eigenvalue weighted by atomic mass is 10.3. The van der Waals surface area contributed by atoms with E-state index in [1.807, 2.05) is 18.2 Å². The summed E-state index contributed by atoms with van der Waals surface area (Å²) >= 11 is 0. The van der Waals surface area contributed by atoms with Crippen molar-refractivity contribution in [3.63, 3.8) is 0 Å². The largest absolute Gasteiger partial charge is 0.484 e. The van der Waals surface area contributed by atoms with Crippen LogP contribution in [-0.2, 0) is 4.79 Å². The average molecular weight is 246 g/mol. The molecule has 1 aromatic carbocycles. The monoisotopic (exact) mass is 246 g/mol. The lowest BCUT2D eigenvalue weighted by Gasteiger charge is -2.05. The molecule has 0 bridgehead atoms. The van der Waals surface area contributed by atoms with Crippen molar-refractivity contribution in [1.29, 1.82) is 0 Å². The highest BCUT2D eigenvalue weighted by Crippen LogP contribution is 2.17. The van der Waals surface area contributed by atoms with Gasteiger partial charge in [-0.3, -0.25) is 9.89 Å². The molecule has 6 heteroatoms. The summed E-state index contributed by atoms with van der Waals surface area (Å²) in [6, 6.07) is 9.10. The molecule has 0 atom stereocenters. The molecule has 1 amide bonds. The van der Waals surface area contributed by atoms with Crippen LogP contribution >= 0.6 is 0 Å². The molecule has 0 saturated carbocycles. The van der Waals surface area contributed by atoms with E-state index in [2.05, 4.69) is 15.5 Å². The highest BCUT2D eigenvalue weighted by Gasteiger charge is 2.10. The Balaban J connectivity index is 1.88. The number of hydrogen-bond donors (Lipinski definition) is 3. The Bertz CT molecular complexity index is 536. The molecule has 0 spiro atoms. The summed E-state index contributed by atoms with van der Waals surface area (Å²) in [5.41, 5.74) is 6.86. The van der Waals surface area contributed by atoms with Crippen molar-refractivity contribution >= 4 is 17.4 Å². The molecular weight excluding hydrogens is 232 g/mol. The minimum Gasteiger partial charge on any atom is -0.484 e. The zero-order valence-corrected chi connectivity index (χ0v) is 9.93. The number of nitrogens with two attached hydrogens (primary N) is 1. The number of anilines is 2. The van der Waals surface area contributed by atoms with Gasteiger partial charge in [0.1, 0.15) is 5.75 Å². The number of benzene rings is 1. The summed E-state index contributed by atoms with van der Waals surface area (Å²) in [4.78, 5) is 11.6. The number of hydrogen-bond acceptors (Lipinski definition) is 4. The SMILES string of the molecule is Cc1[nH]nc(NC(=O)COc2ccccc2)c1N. The Hall–Kier alpha value is -2.50. The van der Waals surface area contributed by atoms with Gasteiger partial charge in [-0.15, -0.1) is 0 Å². The van der Waals surface area contributed by atoms with Gasteiger partial charge in [-0.05, 0) is 19.1 Å². The molecule has 6 nitrogen and oxygen atoms in total. The van der Waals surface area contributed by atoms with E-state index in [9.17, 15) is 4.79 Å². The van der Waals surface area contributed by atoms with Crippen LogP contribution in [0.25, 0.3) is 0 Å². The second-order valence-electron chi connectivity index (χ2n) is 3.76. The molecule has 1 heterocycles. The minimum absolute atomic E-state index is 0.0879. The fourth-order valence-corrected chi connectivity index (χ4v) is 1.37.